The Balaban J connectivity index is 0.000000240. The number of amidine groups is 10. The van der Waals surface area contributed by atoms with Gasteiger partial charge in [-0.25, -0.2) is 54.7 Å². The summed E-state index contributed by atoms with van der Waals surface area (Å²) in [4.78, 5) is 63.2. The second kappa shape index (κ2) is 60.9. The number of methoxy groups -OCH3 is 1. The van der Waals surface area contributed by atoms with Crippen molar-refractivity contribution in [2.45, 2.75) is 33.1 Å². The number of ether oxygens (including phenoxy) is 1. The SMILES string of the molecule is CC(=O)Nc1ccc(N=C(N)SCCCSC(N)=Nc2ccccc2)cc1.CN(C)c1ccc(N=C(N)SCCCSC(N)=Nc2ccccc2)cc1.COC(=O)c1ccc(N=C(N)SCCCSC(N)=Nc2ccccc2)cc1.Cc1ccc([NH+]=C(N)SCSC(N)=[NH+]c2ccc(Cl)cc2)cc1.NC(=[NH+]c1ccccc1)SCSC(N)=[NH+]c1ccccc1. The molecule has 0 aliphatic rings. The Kier molecular flexibility index (Phi) is 50.2. The first kappa shape index (κ1) is 102. The average molecular weight is 1880 g/mol. The summed E-state index contributed by atoms with van der Waals surface area (Å²) in [5.74, 6) is 4.74. The molecule has 10 aromatic rings. The number of carbonyl (C=O) groups is 2. The first-order valence-corrected chi connectivity index (χ1v) is 48.5. The molecular formula is C88H107ClN22O3S10+4. The van der Waals surface area contributed by atoms with E-state index in [-0.39, 0.29) is 11.9 Å². The molecule has 0 saturated heterocycles. The lowest BCUT2D eigenvalue weighted by atomic mass is 10.2. The van der Waals surface area contributed by atoms with Gasteiger partial charge in [0.25, 0.3) is 0 Å². The number of carbonyl (C=O) groups excluding carboxylic acids is 2. The van der Waals surface area contributed by atoms with E-state index in [1.807, 2.05) is 251 Å². The standard InChI is InChI=1S/C19H23N5OS2.C19H25N5S2.C19H22N4O2S2.C16H17ClN4S2.C15H16N4S2/c1-14(25)22-16-8-10-17(11-9-16)24-19(21)27-13-5-12-26-18(20)23-15-6-3-2-4-7-15;1-24(2)17-11-9-16(10-12-17)23-19(21)26-14-6-13-25-18(20)22-15-7-4-3-5-8-15;1-25-17(24)14-8-10-16(11-9-14)23-19(21)27-13-5-12-26-18(20)22-15-6-3-2-4-7-15;1-11-2-6-13(7-3-11)20-15(18)22-10-23-16(19)21-14-8-4-12(17)5-9-14;16-14(18-12-7-3-1-4-8-12)20-11-21-15(17)19-13-9-5-2-6-10-13/h2-4,6-11H,5,12-13H2,1H3,(H2,20,23)(H2,21,24)(H,22,25);3-5,7-12H,6,13-14H2,1-2H3,(H2,20,22)(H2,21,23);2-4,6-11H,5,12-13H2,1H3,(H2,20,22)(H2,21,23);2-9H,10H2,1H3,(H2,18,20)(H2,19,21);1-10H,11H2,(H2,16,18)(H2,17,19)/p+4. The lowest BCUT2D eigenvalue weighted by molar-refractivity contribution is -0.351. The topological polar surface area (TPSA) is 449 Å². The van der Waals surface area contributed by atoms with Crippen LogP contribution in [0.15, 0.2) is 303 Å². The third-order valence-electron chi connectivity index (χ3n) is 15.3. The van der Waals surface area contributed by atoms with Gasteiger partial charge in [-0.15, -0.1) is 0 Å². The molecule has 0 radical (unpaired) electrons. The number of rotatable bonds is 29. The van der Waals surface area contributed by atoms with Gasteiger partial charge in [0.2, 0.25) is 5.91 Å². The van der Waals surface area contributed by atoms with Gasteiger partial charge in [0.1, 0.15) is 22.7 Å². The van der Waals surface area contributed by atoms with Crippen LogP contribution in [-0.2, 0) is 9.53 Å². The number of nitrogens with one attached hydrogen (secondary N) is 5. The summed E-state index contributed by atoms with van der Waals surface area (Å²) in [5.41, 5.74) is 71.8. The van der Waals surface area contributed by atoms with Gasteiger partial charge in [0, 0.05) is 71.9 Å². The molecule has 10 rings (SSSR count). The predicted molar refractivity (Wildman–Crippen MR) is 550 cm³/mol. The third-order valence-corrected chi connectivity index (χ3v) is 24.4. The first-order valence-electron chi connectivity index (χ1n) is 38.2. The summed E-state index contributed by atoms with van der Waals surface area (Å²) < 4.78 is 4.66. The van der Waals surface area contributed by atoms with Crippen LogP contribution >= 0.6 is 129 Å². The molecule has 0 bridgehead atoms. The van der Waals surface area contributed by atoms with Crippen molar-refractivity contribution < 1.29 is 34.3 Å². The fourth-order valence-corrected chi connectivity index (χ4v) is 17.3. The largest absolute Gasteiger partial charge is 0.465 e. The average Bonchev–Trinajstić information content (AvgIpc) is 0.885. The quantitative estimate of drug-likeness (QED) is 0.00680. The number of esters is 1. The number of nitrogens with two attached hydrogens (primary N) is 10. The van der Waals surface area contributed by atoms with Gasteiger partial charge in [0.05, 0.1) is 57.0 Å². The van der Waals surface area contributed by atoms with E-state index >= 15 is 0 Å². The molecule has 0 heterocycles. The van der Waals surface area contributed by atoms with Crippen molar-refractivity contribution in [2.75, 3.05) is 76.1 Å². The number of para-hydroxylation sites is 5. The highest BCUT2D eigenvalue weighted by Crippen LogP contribution is 2.24. The zero-order valence-electron chi connectivity index (χ0n) is 69.3. The number of aryl methyl sites for hydroxylation is 1. The van der Waals surface area contributed by atoms with E-state index < -0.39 is 0 Å². The molecule has 25 N–H and O–H groups in total. The molecule has 10 aromatic carbocycles. The van der Waals surface area contributed by atoms with E-state index in [1.165, 1.54) is 114 Å². The molecule has 0 spiro atoms. The maximum absolute atomic E-state index is 11.4. The molecule has 25 nitrogen and oxygen atoms in total. The highest BCUT2D eigenvalue weighted by atomic mass is 35.5. The number of halogens is 1. The third kappa shape index (κ3) is 47.3. The zero-order chi connectivity index (χ0) is 89.3. The van der Waals surface area contributed by atoms with Gasteiger partial charge in [-0.2, -0.15) is 0 Å². The monoisotopic (exact) mass is 1870 g/mol. The highest BCUT2D eigenvalue weighted by Gasteiger charge is 2.11. The Morgan fingerprint density at radius 1 is 0.347 bits per heavy atom. The number of nitrogens with zero attached hydrogens (tertiary/aromatic N) is 7. The molecule has 0 saturated carbocycles. The van der Waals surface area contributed by atoms with Crippen LogP contribution in [-0.4, -0.2) is 129 Å². The van der Waals surface area contributed by atoms with Crippen molar-refractivity contribution >= 4 is 261 Å². The molecule has 0 aliphatic carbocycles. The van der Waals surface area contributed by atoms with Crippen molar-refractivity contribution in [3.05, 3.63) is 289 Å². The van der Waals surface area contributed by atoms with Gasteiger partial charge in [-0.05, 0) is 243 Å². The van der Waals surface area contributed by atoms with E-state index in [2.05, 4.69) is 71.8 Å². The lowest BCUT2D eigenvalue weighted by Crippen LogP contribution is -2.68. The maximum atomic E-state index is 11.4. The summed E-state index contributed by atoms with van der Waals surface area (Å²) >= 11 is 21.0. The number of amides is 1. The molecule has 36 heteroatoms. The van der Waals surface area contributed by atoms with E-state index in [4.69, 9.17) is 68.9 Å². The minimum atomic E-state index is -0.375. The number of hydrogen-bond acceptors (Lipinski definition) is 20. The van der Waals surface area contributed by atoms with E-state index in [0.717, 1.165) is 121 Å². The van der Waals surface area contributed by atoms with Crippen molar-refractivity contribution in [3.63, 3.8) is 0 Å². The van der Waals surface area contributed by atoms with E-state index in [1.54, 1.807) is 59.9 Å². The van der Waals surface area contributed by atoms with Crippen LogP contribution in [0.4, 0.5) is 68.2 Å². The second-order valence-corrected chi connectivity index (χ2v) is 37.3. The molecule has 124 heavy (non-hydrogen) atoms. The Labute approximate surface area is 774 Å². The fourth-order valence-electron chi connectivity index (χ4n) is 9.38. The van der Waals surface area contributed by atoms with Gasteiger partial charge in [-0.3, -0.25) is 27.7 Å². The van der Waals surface area contributed by atoms with Gasteiger partial charge >= 0.3 is 26.6 Å². The summed E-state index contributed by atoms with van der Waals surface area (Å²) in [7, 11) is 5.37. The fraction of sp³-hybridized carbons (Fsp3) is 0.182. The van der Waals surface area contributed by atoms with Crippen molar-refractivity contribution in [2.24, 2.45) is 87.3 Å². The molecule has 0 unspecified atom stereocenters. The molecule has 650 valence electrons. The van der Waals surface area contributed by atoms with Crippen LogP contribution in [0.5, 0.6) is 0 Å². The van der Waals surface area contributed by atoms with E-state index in [0.29, 0.717) is 73.0 Å². The van der Waals surface area contributed by atoms with Crippen LogP contribution in [0, 0.1) is 6.92 Å². The van der Waals surface area contributed by atoms with Gasteiger partial charge < -0.3 is 49.4 Å². The first-order chi connectivity index (χ1) is 59.9. The summed E-state index contributed by atoms with van der Waals surface area (Å²) in [6.07, 6.45) is 2.85. The number of hydrogen-bond donors (Lipinski definition) is 15. The van der Waals surface area contributed by atoms with Crippen molar-refractivity contribution in [1.82, 2.24) is 0 Å². The number of benzene rings is 10. The number of thioether (sulfide) groups is 10. The van der Waals surface area contributed by atoms with Gasteiger partial charge in [0.15, 0.2) is 31.0 Å². The van der Waals surface area contributed by atoms with Crippen LogP contribution in [0.3, 0.4) is 0 Å². The Hall–Kier alpha value is -10.6. The molecule has 0 aromatic heterocycles. The predicted octanol–water partition coefficient (Wildman–Crippen LogP) is 12.9. The Morgan fingerprint density at radius 2 is 0.605 bits per heavy atom. The van der Waals surface area contributed by atoms with Crippen LogP contribution in [0.1, 0.15) is 42.1 Å². The minimum Gasteiger partial charge on any atom is -0.465 e. The van der Waals surface area contributed by atoms with Crippen LogP contribution < -0.4 is 87.5 Å². The molecule has 0 fully saturated rings. The highest BCUT2D eigenvalue weighted by molar-refractivity contribution is 8.29. The molecule has 0 aliphatic heterocycles. The van der Waals surface area contributed by atoms with Crippen molar-refractivity contribution in [1.29, 1.82) is 0 Å². The van der Waals surface area contributed by atoms with Gasteiger partial charge in [-0.1, -0.05) is 191 Å². The molecular weight excluding hydrogens is 1770 g/mol. The van der Waals surface area contributed by atoms with E-state index in [9.17, 15) is 9.59 Å². The van der Waals surface area contributed by atoms with Crippen LogP contribution in [0.2, 0.25) is 5.02 Å². The minimum absolute atomic E-state index is 0.103. The summed E-state index contributed by atoms with van der Waals surface area (Å²) in [6.45, 7) is 3.52. The smallest absolute Gasteiger partial charge is 0.337 e. The van der Waals surface area contributed by atoms with Crippen LogP contribution in [0.25, 0.3) is 0 Å². The summed E-state index contributed by atoms with van der Waals surface area (Å²) in [6, 6.07) is 86.1. The number of aliphatic imine (C=N–C) groups is 6. The molecule has 0 atom stereocenters. The normalized spacial score (nSPS) is 12.2. The van der Waals surface area contributed by atoms with Crippen molar-refractivity contribution in [3.8, 4) is 0 Å². The molecule has 1 amide bonds. The maximum Gasteiger partial charge on any atom is 0.337 e. The summed E-state index contributed by atoms with van der Waals surface area (Å²) in [5, 5.41) is 10.7. The second-order valence-electron chi connectivity index (χ2n) is 25.4. The Morgan fingerprint density at radius 3 is 0.887 bits per heavy atom. The Bertz CT molecular complexity index is 5000. The zero-order valence-corrected chi connectivity index (χ0v) is 78.3. The number of anilines is 2. The lowest BCUT2D eigenvalue weighted by Gasteiger charge is -2.11.